The Balaban J connectivity index is 1.48. The quantitative estimate of drug-likeness (QED) is 0.432. The summed E-state index contributed by atoms with van der Waals surface area (Å²) in [6.45, 7) is 3.10. The highest BCUT2D eigenvalue weighted by Crippen LogP contribution is 2.31. The summed E-state index contributed by atoms with van der Waals surface area (Å²) in [7, 11) is 1.59. The summed E-state index contributed by atoms with van der Waals surface area (Å²) in [4.78, 5) is 35.4. The molecule has 1 atom stereocenters. The van der Waals surface area contributed by atoms with Crippen LogP contribution in [0.25, 0.3) is 0 Å². The summed E-state index contributed by atoms with van der Waals surface area (Å²) in [5.74, 6) is 4.61. The number of pyridine rings is 2. The molecule has 0 saturated heterocycles. The summed E-state index contributed by atoms with van der Waals surface area (Å²) in [5, 5.41) is 12.5. The topological polar surface area (TPSA) is 105 Å². The average Bonchev–Trinajstić information content (AvgIpc) is 2.94. The molecule has 3 heterocycles. The van der Waals surface area contributed by atoms with Crippen LogP contribution in [0.5, 0.6) is 5.75 Å². The third-order valence-electron chi connectivity index (χ3n) is 5.39. The second kappa shape index (κ2) is 10.1. The number of anilines is 1. The van der Waals surface area contributed by atoms with E-state index in [1.807, 2.05) is 0 Å². The van der Waals surface area contributed by atoms with Crippen molar-refractivity contribution in [3.8, 4) is 17.6 Å². The molecule has 1 aliphatic heterocycles. The van der Waals surface area contributed by atoms with Crippen LogP contribution in [0.2, 0.25) is 0 Å². The average molecular weight is 489 g/mol. The number of hydrogen-bond acceptors (Lipinski definition) is 6. The molecule has 1 aliphatic rings. The first kappa shape index (κ1) is 24.8. The molecule has 2 amide bonds. The van der Waals surface area contributed by atoms with Crippen LogP contribution in [0, 0.1) is 17.8 Å². The molecule has 0 fully saturated rings. The van der Waals surface area contributed by atoms with Gasteiger partial charge in [-0.15, -0.1) is 0 Å². The maximum atomic E-state index is 13.4. The van der Waals surface area contributed by atoms with E-state index in [2.05, 4.69) is 27.1 Å². The highest BCUT2D eigenvalue weighted by molar-refractivity contribution is 6.03. The zero-order valence-electron chi connectivity index (χ0n) is 20.1. The second-order valence-corrected chi connectivity index (χ2v) is 8.90. The Morgan fingerprint density at radius 2 is 2.08 bits per heavy atom. The molecule has 3 aromatic rings. The number of aromatic nitrogens is 2. The predicted octanol–water partition coefficient (Wildman–Crippen LogP) is 2.48. The zero-order chi connectivity index (χ0) is 25.9. The van der Waals surface area contributed by atoms with Gasteiger partial charge in [0.2, 0.25) is 5.95 Å². The van der Waals surface area contributed by atoms with E-state index in [0.29, 0.717) is 29.1 Å². The molecule has 0 bridgehead atoms. The Labute approximate surface area is 208 Å². The minimum atomic E-state index is -1.15. The van der Waals surface area contributed by atoms with Crippen LogP contribution in [-0.4, -0.2) is 52.2 Å². The van der Waals surface area contributed by atoms with Gasteiger partial charge < -0.3 is 20.1 Å². The number of amides is 2. The molecule has 0 saturated carbocycles. The van der Waals surface area contributed by atoms with E-state index in [0.717, 1.165) is 5.56 Å². The zero-order valence-corrected chi connectivity index (χ0v) is 20.1. The molecule has 2 N–H and O–H groups in total. The Kier molecular flexibility index (Phi) is 6.99. The van der Waals surface area contributed by atoms with Gasteiger partial charge in [-0.2, -0.15) is 4.39 Å². The summed E-state index contributed by atoms with van der Waals surface area (Å²) in [6.07, 6.45) is 1.80. The monoisotopic (exact) mass is 488 g/mol. The smallest absolute Gasteiger partial charge is 0.270 e. The van der Waals surface area contributed by atoms with E-state index in [9.17, 15) is 19.1 Å². The lowest BCUT2D eigenvalue weighted by Gasteiger charge is -2.20. The maximum absolute atomic E-state index is 13.4. The first-order chi connectivity index (χ1) is 17.1. The number of aliphatic hydroxyl groups is 1. The van der Waals surface area contributed by atoms with Crippen molar-refractivity contribution in [1.29, 1.82) is 0 Å². The van der Waals surface area contributed by atoms with Gasteiger partial charge in [-0.3, -0.25) is 14.6 Å². The van der Waals surface area contributed by atoms with Crippen LogP contribution in [-0.2, 0) is 11.2 Å². The van der Waals surface area contributed by atoms with Gasteiger partial charge in [-0.1, -0.05) is 17.9 Å². The SMILES string of the molecule is CN1C(=O)C(NC(=O)c2cc(Cc3cccc(F)n3)ccn2)COc2ccc(C#CC(C)(C)O)cc21. The molecule has 4 rings (SSSR count). The number of ether oxygens (including phenoxy) is 1. The molecule has 0 aliphatic carbocycles. The van der Waals surface area contributed by atoms with E-state index >= 15 is 0 Å². The van der Waals surface area contributed by atoms with Gasteiger partial charge in [0.25, 0.3) is 11.8 Å². The van der Waals surface area contributed by atoms with Crippen molar-refractivity contribution in [3.63, 3.8) is 0 Å². The number of fused-ring (bicyclic) bond motifs is 1. The van der Waals surface area contributed by atoms with Gasteiger partial charge in [-0.25, -0.2) is 4.98 Å². The summed E-state index contributed by atoms with van der Waals surface area (Å²) in [5.41, 5.74) is 1.31. The number of nitrogens with zero attached hydrogens (tertiary/aromatic N) is 3. The largest absolute Gasteiger partial charge is 0.489 e. The van der Waals surface area contributed by atoms with Crippen molar-refractivity contribution in [1.82, 2.24) is 15.3 Å². The van der Waals surface area contributed by atoms with Crippen molar-refractivity contribution in [2.45, 2.75) is 31.9 Å². The lowest BCUT2D eigenvalue weighted by molar-refractivity contribution is -0.120. The second-order valence-electron chi connectivity index (χ2n) is 8.90. The Morgan fingerprint density at radius 1 is 1.28 bits per heavy atom. The van der Waals surface area contributed by atoms with Gasteiger partial charge >= 0.3 is 0 Å². The third-order valence-corrected chi connectivity index (χ3v) is 5.39. The number of likely N-dealkylation sites (N-methyl/N-ethyl adjacent to an activating group) is 1. The lowest BCUT2D eigenvalue weighted by Crippen LogP contribution is -2.49. The number of hydrogen-bond donors (Lipinski definition) is 2. The highest BCUT2D eigenvalue weighted by atomic mass is 19.1. The lowest BCUT2D eigenvalue weighted by atomic mass is 10.1. The Hall–Kier alpha value is -4.29. The van der Waals surface area contributed by atoms with Gasteiger partial charge in [0, 0.05) is 30.9 Å². The highest BCUT2D eigenvalue weighted by Gasteiger charge is 2.31. The van der Waals surface area contributed by atoms with E-state index in [1.54, 1.807) is 63.4 Å². The molecule has 9 heteroatoms. The first-order valence-corrected chi connectivity index (χ1v) is 11.3. The van der Waals surface area contributed by atoms with Crippen molar-refractivity contribution < 1.29 is 23.8 Å². The molecule has 0 radical (unpaired) electrons. The van der Waals surface area contributed by atoms with Crippen LogP contribution in [0.15, 0.2) is 54.7 Å². The van der Waals surface area contributed by atoms with Gasteiger partial charge in [0.15, 0.2) is 0 Å². The minimum absolute atomic E-state index is 0.0660. The van der Waals surface area contributed by atoms with E-state index in [1.165, 1.54) is 17.2 Å². The summed E-state index contributed by atoms with van der Waals surface area (Å²) < 4.78 is 19.2. The molecule has 184 valence electrons. The molecular weight excluding hydrogens is 463 g/mol. The normalized spacial score (nSPS) is 15.2. The number of carbonyl (C=O) groups excluding carboxylic acids is 2. The molecular formula is C27H25FN4O4. The Bertz CT molecular complexity index is 1370. The molecule has 1 unspecified atom stereocenters. The fourth-order valence-electron chi connectivity index (χ4n) is 3.60. The minimum Gasteiger partial charge on any atom is -0.489 e. The van der Waals surface area contributed by atoms with Crippen LogP contribution in [0.4, 0.5) is 10.1 Å². The number of halogens is 1. The molecule has 8 nitrogen and oxygen atoms in total. The summed E-state index contributed by atoms with van der Waals surface area (Å²) in [6, 6.07) is 12.0. The Morgan fingerprint density at radius 3 is 2.83 bits per heavy atom. The van der Waals surface area contributed by atoms with E-state index < -0.39 is 23.5 Å². The van der Waals surface area contributed by atoms with E-state index in [-0.39, 0.29) is 18.2 Å². The predicted molar refractivity (Wildman–Crippen MR) is 131 cm³/mol. The van der Waals surface area contributed by atoms with Crippen LogP contribution in [0.1, 0.15) is 41.2 Å². The summed E-state index contributed by atoms with van der Waals surface area (Å²) >= 11 is 0. The first-order valence-electron chi connectivity index (χ1n) is 11.3. The fraction of sp³-hybridized carbons (Fsp3) is 0.259. The molecule has 2 aromatic heterocycles. The maximum Gasteiger partial charge on any atom is 0.270 e. The van der Waals surface area contributed by atoms with Crippen molar-refractivity contribution in [3.05, 3.63) is 83.2 Å². The molecule has 0 spiro atoms. The molecule has 1 aromatic carbocycles. The van der Waals surface area contributed by atoms with Crippen LogP contribution in [0.3, 0.4) is 0 Å². The van der Waals surface area contributed by atoms with Gasteiger partial charge in [0.1, 0.15) is 29.7 Å². The fourth-order valence-corrected chi connectivity index (χ4v) is 3.60. The van der Waals surface area contributed by atoms with Gasteiger partial charge in [0.05, 0.1) is 5.69 Å². The number of nitrogens with one attached hydrogen (secondary N) is 1. The standard InChI is InChI=1S/C27H25FN4O4/c1-27(2,35)11-9-17-7-8-23-22(15-17)32(3)26(34)21(16-36-23)31-25(33)20-14-18(10-12-29-20)13-19-5-4-6-24(28)30-19/h4-8,10,12,14-15,21,35H,13,16H2,1-3H3,(H,31,33). The van der Waals surface area contributed by atoms with Crippen molar-refractivity contribution >= 4 is 17.5 Å². The van der Waals surface area contributed by atoms with Crippen LogP contribution >= 0.6 is 0 Å². The van der Waals surface area contributed by atoms with E-state index in [4.69, 9.17) is 4.74 Å². The van der Waals surface area contributed by atoms with Gasteiger partial charge in [-0.05, 0) is 61.9 Å². The van der Waals surface area contributed by atoms with Crippen LogP contribution < -0.4 is 15.0 Å². The number of carbonyl (C=O) groups is 2. The molecule has 36 heavy (non-hydrogen) atoms. The van der Waals surface area contributed by atoms with Crippen molar-refractivity contribution in [2.24, 2.45) is 0 Å². The third kappa shape index (κ3) is 6.03. The number of benzene rings is 1. The number of rotatable bonds is 4. The van der Waals surface area contributed by atoms with Crippen molar-refractivity contribution in [2.75, 3.05) is 18.6 Å².